The number of para-hydroxylation sites is 1. The van der Waals surface area contributed by atoms with Crippen LogP contribution < -0.4 is 20.5 Å². The number of nitrogens with two attached hydrogens (primary N) is 1. The molecule has 6 heteroatoms. The summed E-state index contributed by atoms with van der Waals surface area (Å²) >= 11 is 0. The number of nitrogens with one attached hydrogen (secondary N) is 1. The van der Waals surface area contributed by atoms with E-state index in [0.717, 1.165) is 48.8 Å². The van der Waals surface area contributed by atoms with Crippen LogP contribution in [0.25, 0.3) is 0 Å². The number of nitrogens with zero attached hydrogens (tertiary/aromatic N) is 1. The summed E-state index contributed by atoms with van der Waals surface area (Å²) in [6.45, 7) is 2.51. The summed E-state index contributed by atoms with van der Waals surface area (Å²) in [6.07, 6.45) is 0.951. The molecule has 0 aliphatic carbocycles. The maximum atomic E-state index is 11.6. The van der Waals surface area contributed by atoms with Crippen molar-refractivity contribution in [2.45, 2.75) is 19.5 Å². The Hall–Kier alpha value is -2.57. The summed E-state index contributed by atoms with van der Waals surface area (Å²) in [5, 5.41) is 2.88. The van der Waals surface area contributed by atoms with E-state index in [1.165, 1.54) is 11.1 Å². The van der Waals surface area contributed by atoms with E-state index in [1.807, 2.05) is 24.3 Å². The van der Waals surface area contributed by atoms with Crippen LogP contribution in [-0.4, -0.2) is 38.1 Å². The summed E-state index contributed by atoms with van der Waals surface area (Å²) in [7, 11) is 3.31. The van der Waals surface area contributed by atoms with E-state index in [2.05, 4.69) is 22.3 Å². The summed E-state index contributed by atoms with van der Waals surface area (Å²) in [5.41, 5.74) is 9.86. The smallest absolute Gasteiger partial charge is 0.238 e. The minimum absolute atomic E-state index is 0.0208. The highest BCUT2D eigenvalue weighted by atomic mass is 16.5. The zero-order valence-electron chi connectivity index (χ0n) is 15.2. The number of ether oxygens (including phenoxy) is 2. The Morgan fingerprint density at radius 2 is 1.85 bits per heavy atom. The molecule has 2 aromatic rings. The zero-order chi connectivity index (χ0) is 18.5. The van der Waals surface area contributed by atoms with Crippen molar-refractivity contribution in [1.29, 1.82) is 0 Å². The number of hydrogen-bond donors (Lipinski definition) is 2. The Morgan fingerprint density at radius 3 is 2.54 bits per heavy atom. The molecule has 0 saturated heterocycles. The quantitative estimate of drug-likeness (QED) is 0.830. The van der Waals surface area contributed by atoms with Gasteiger partial charge in [-0.15, -0.1) is 0 Å². The van der Waals surface area contributed by atoms with Crippen molar-refractivity contribution in [2.75, 3.05) is 32.6 Å². The van der Waals surface area contributed by atoms with Crippen LogP contribution in [0, 0.1) is 0 Å². The fourth-order valence-corrected chi connectivity index (χ4v) is 3.30. The van der Waals surface area contributed by atoms with Gasteiger partial charge < -0.3 is 20.5 Å². The highest BCUT2D eigenvalue weighted by molar-refractivity contribution is 5.92. The second-order valence-electron chi connectivity index (χ2n) is 6.35. The molecule has 0 radical (unpaired) electrons. The largest absolute Gasteiger partial charge is 0.493 e. The minimum Gasteiger partial charge on any atom is -0.493 e. The number of rotatable bonds is 6. The van der Waals surface area contributed by atoms with Crippen LogP contribution in [0.2, 0.25) is 0 Å². The molecule has 0 bridgehead atoms. The van der Waals surface area contributed by atoms with Gasteiger partial charge in [0.15, 0.2) is 11.5 Å². The number of benzene rings is 2. The van der Waals surface area contributed by atoms with E-state index in [9.17, 15) is 4.79 Å². The van der Waals surface area contributed by atoms with Crippen LogP contribution >= 0.6 is 0 Å². The van der Waals surface area contributed by atoms with Crippen LogP contribution in [-0.2, 0) is 24.3 Å². The standard InChI is InChI=1S/C20H25N3O3/c1-25-18-9-14-7-8-23(13-16(14)10-19(18)26-2)12-15-5-3-4-6-17(15)22-20(24)11-21/h3-6,9-10H,7-8,11-13,21H2,1-2H3,(H,22,24). The lowest BCUT2D eigenvalue weighted by atomic mass is 9.98. The third kappa shape index (κ3) is 3.98. The van der Waals surface area contributed by atoms with Crippen molar-refractivity contribution in [3.05, 3.63) is 53.1 Å². The molecule has 26 heavy (non-hydrogen) atoms. The Morgan fingerprint density at radius 1 is 1.15 bits per heavy atom. The molecule has 1 amide bonds. The predicted molar refractivity (Wildman–Crippen MR) is 101 cm³/mol. The molecule has 2 aromatic carbocycles. The molecular formula is C20H25N3O3. The van der Waals surface area contributed by atoms with Gasteiger partial charge in [0.2, 0.25) is 5.91 Å². The van der Waals surface area contributed by atoms with Gasteiger partial charge in [0.05, 0.1) is 20.8 Å². The molecule has 0 spiro atoms. The second kappa shape index (κ2) is 8.21. The monoisotopic (exact) mass is 355 g/mol. The lowest BCUT2D eigenvalue weighted by Crippen LogP contribution is -2.31. The molecule has 1 aliphatic rings. The number of fused-ring (bicyclic) bond motifs is 1. The van der Waals surface area contributed by atoms with Gasteiger partial charge in [-0.25, -0.2) is 0 Å². The molecule has 3 N–H and O–H groups in total. The van der Waals surface area contributed by atoms with E-state index in [0.29, 0.717) is 0 Å². The van der Waals surface area contributed by atoms with Crippen molar-refractivity contribution < 1.29 is 14.3 Å². The van der Waals surface area contributed by atoms with E-state index in [-0.39, 0.29) is 12.5 Å². The zero-order valence-corrected chi connectivity index (χ0v) is 15.2. The number of hydrogen-bond acceptors (Lipinski definition) is 5. The average molecular weight is 355 g/mol. The lowest BCUT2D eigenvalue weighted by molar-refractivity contribution is -0.114. The van der Waals surface area contributed by atoms with Crippen LogP contribution in [0.3, 0.4) is 0 Å². The third-order valence-electron chi connectivity index (χ3n) is 4.67. The summed E-state index contributed by atoms with van der Waals surface area (Å²) in [4.78, 5) is 14.0. The van der Waals surface area contributed by atoms with Crippen molar-refractivity contribution >= 4 is 11.6 Å². The second-order valence-corrected chi connectivity index (χ2v) is 6.35. The first kappa shape index (κ1) is 18.2. The van der Waals surface area contributed by atoms with E-state index >= 15 is 0 Å². The lowest BCUT2D eigenvalue weighted by Gasteiger charge is -2.30. The van der Waals surface area contributed by atoms with Crippen molar-refractivity contribution in [3.63, 3.8) is 0 Å². The normalized spacial score (nSPS) is 13.8. The molecule has 0 atom stereocenters. The summed E-state index contributed by atoms with van der Waals surface area (Å²) in [6, 6.07) is 12.0. The maximum Gasteiger partial charge on any atom is 0.238 e. The van der Waals surface area contributed by atoms with Crippen LogP contribution in [0.15, 0.2) is 36.4 Å². The minimum atomic E-state index is -0.182. The molecular weight excluding hydrogens is 330 g/mol. The molecule has 1 aliphatic heterocycles. The Bertz CT molecular complexity index is 792. The number of methoxy groups -OCH3 is 2. The van der Waals surface area contributed by atoms with Gasteiger partial charge in [0.1, 0.15) is 0 Å². The SMILES string of the molecule is COc1cc2c(cc1OC)CN(Cc1ccccc1NC(=O)CN)CC2. The third-order valence-corrected chi connectivity index (χ3v) is 4.67. The Kier molecular flexibility index (Phi) is 5.75. The van der Waals surface area contributed by atoms with Gasteiger partial charge in [-0.1, -0.05) is 18.2 Å². The molecule has 0 unspecified atom stereocenters. The fraction of sp³-hybridized carbons (Fsp3) is 0.350. The van der Waals surface area contributed by atoms with Gasteiger partial charge in [-0.05, 0) is 41.3 Å². The van der Waals surface area contributed by atoms with E-state index in [4.69, 9.17) is 15.2 Å². The molecule has 138 valence electrons. The van der Waals surface area contributed by atoms with Crippen molar-refractivity contribution in [2.24, 2.45) is 5.73 Å². The topological polar surface area (TPSA) is 76.8 Å². The Balaban J connectivity index is 1.77. The maximum absolute atomic E-state index is 11.6. The molecule has 0 aromatic heterocycles. The molecule has 1 heterocycles. The number of amides is 1. The fourth-order valence-electron chi connectivity index (χ4n) is 3.30. The van der Waals surface area contributed by atoms with Crippen LogP contribution in [0.5, 0.6) is 11.5 Å². The van der Waals surface area contributed by atoms with Crippen molar-refractivity contribution in [1.82, 2.24) is 4.90 Å². The first-order valence-electron chi connectivity index (χ1n) is 8.68. The molecule has 3 rings (SSSR count). The van der Waals surface area contributed by atoms with Crippen molar-refractivity contribution in [3.8, 4) is 11.5 Å². The number of carbonyl (C=O) groups excluding carboxylic acids is 1. The first-order valence-corrected chi connectivity index (χ1v) is 8.68. The summed E-state index contributed by atoms with van der Waals surface area (Å²) < 4.78 is 10.8. The summed E-state index contributed by atoms with van der Waals surface area (Å²) in [5.74, 6) is 1.34. The van der Waals surface area contributed by atoms with Gasteiger partial charge in [0, 0.05) is 25.3 Å². The average Bonchev–Trinajstić information content (AvgIpc) is 2.68. The van der Waals surface area contributed by atoms with Gasteiger partial charge in [-0.2, -0.15) is 0 Å². The van der Waals surface area contributed by atoms with Gasteiger partial charge >= 0.3 is 0 Å². The van der Waals surface area contributed by atoms with E-state index in [1.54, 1.807) is 14.2 Å². The molecule has 0 saturated carbocycles. The predicted octanol–water partition coefficient (Wildman–Crippen LogP) is 2.16. The Labute approximate surface area is 153 Å². The first-order chi connectivity index (χ1) is 12.6. The van der Waals surface area contributed by atoms with Gasteiger partial charge in [-0.3, -0.25) is 9.69 Å². The number of anilines is 1. The molecule has 6 nitrogen and oxygen atoms in total. The molecule has 0 fully saturated rings. The highest BCUT2D eigenvalue weighted by Crippen LogP contribution is 2.33. The van der Waals surface area contributed by atoms with Crippen LogP contribution in [0.1, 0.15) is 16.7 Å². The van der Waals surface area contributed by atoms with E-state index < -0.39 is 0 Å². The highest BCUT2D eigenvalue weighted by Gasteiger charge is 2.20. The number of carbonyl (C=O) groups is 1. The van der Waals surface area contributed by atoms with Crippen LogP contribution in [0.4, 0.5) is 5.69 Å². The van der Waals surface area contributed by atoms with Gasteiger partial charge in [0.25, 0.3) is 0 Å².